The number of fused-ring (bicyclic) bond motifs is 1. The Kier molecular flexibility index (Phi) is 5.40. The molecule has 0 saturated carbocycles. The van der Waals surface area contributed by atoms with Crippen LogP contribution in [0.4, 0.5) is 26.3 Å². The molecule has 3 aromatic rings. The average molecular weight is 432 g/mol. The van der Waals surface area contributed by atoms with Gasteiger partial charge in [-0.3, -0.25) is 0 Å². The van der Waals surface area contributed by atoms with Crippen LogP contribution >= 0.6 is 0 Å². The number of aromatic nitrogens is 2. The largest absolute Gasteiger partial charge is 0.481 e. The van der Waals surface area contributed by atoms with Crippen LogP contribution in [-0.4, -0.2) is 30.0 Å². The molecule has 0 aliphatic rings. The topological polar surface area (TPSA) is 53.3 Å². The molecular weight excluding hydrogens is 418 g/mol. The Morgan fingerprint density at radius 3 is 2.27 bits per heavy atom. The van der Waals surface area contributed by atoms with Gasteiger partial charge in [0.1, 0.15) is 0 Å². The third-order valence-electron chi connectivity index (χ3n) is 4.37. The summed E-state index contributed by atoms with van der Waals surface area (Å²) >= 11 is 0. The Morgan fingerprint density at radius 1 is 1.00 bits per heavy atom. The van der Waals surface area contributed by atoms with Gasteiger partial charge in [0.15, 0.2) is 0 Å². The molecule has 0 amide bonds. The van der Waals surface area contributed by atoms with Crippen molar-refractivity contribution in [3.8, 4) is 5.88 Å². The maximum atomic E-state index is 13.4. The second kappa shape index (κ2) is 7.54. The summed E-state index contributed by atoms with van der Waals surface area (Å²) in [5.41, 5.74) is -2.75. The molecule has 30 heavy (non-hydrogen) atoms. The normalized spacial score (nSPS) is 12.3. The molecule has 0 spiro atoms. The van der Waals surface area contributed by atoms with Crippen molar-refractivity contribution in [1.29, 1.82) is 0 Å². The number of alkyl halides is 6. The summed E-state index contributed by atoms with van der Waals surface area (Å²) in [6, 6.07) is 5.69. The standard InChI is InChI=1S/C19H14F6N2O3/c1-29-16-13-7-10(17(28)30-2)4-6-15(13)26-27(16)9-11-3-5-12(18(20,21)22)8-14(11)19(23,24)25/h3-8H,9H2,1-2H3. The molecule has 0 saturated heterocycles. The number of nitrogens with zero attached hydrogens (tertiary/aromatic N) is 2. The summed E-state index contributed by atoms with van der Waals surface area (Å²) in [5.74, 6) is -0.586. The summed E-state index contributed by atoms with van der Waals surface area (Å²) < 4.78 is 89.8. The summed E-state index contributed by atoms with van der Waals surface area (Å²) in [6.45, 7) is -0.502. The smallest absolute Gasteiger partial charge is 0.416 e. The van der Waals surface area contributed by atoms with Crippen LogP contribution in [0.2, 0.25) is 0 Å². The molecule has 0 fully saturated rings. The fourth-order valence-corrected chi connectivity index (χ4v) is 2.99. The van der Waals surface area contributed by atoms with Crippen LogP contribution in [0.25, 0.3) is 10.9 Å². The highest BCUT2D eigenvalue weighted by molar-refractivity contribution is 5.96. The fraction of sp³-hybridized carbons (Fsp3) is 0.263. The zero-order chi connectivity index (χ0) is 22.3. The Hall–Kier alpha value is -3.24. The van der Waals surface area contributed by atoms with Crippen molar-refractivity contribution in [2.45, 2.75) is 18.9 Å². The van der Waals surface area contributed by atoms with E-state index < -0.39 is 41.6 Å². The van der Waals surface area contributed by atoms with Gasteiger partial charge in [-0.2, -0.15) is 31.4 Å². The highest BCUT2D eigenvalue weighted by Crippen LogP contribution is 2.38. The summed E-state index contributed by atoms with van der Waals surface area (Å²) in [5, 5.41) is 4.48. The van der Waals surface area contributed by atoms with Gasteiger partial charge in [-0.15, -0.1) is 0 Å². The van der Waals surface area contributed by atoms with Gasteiger partial charge in [-0.05, 0) is 35.9 Å². The molecule has 160 valence electrons. The third kappa shape index (κ3) is 4.05. The van der Waals surface area contributed by atoms with E-state index in [0.29, 0.717) is 17.0 Å². The molecule has 1 aromatic heterocycles. The maximum absolute atomic E-state index is 13.4. The molecule has 0 atom stereocenters. The Bertz CT molecular complexity index is 1100. The molecule has 5 nitrogen and oxygen atoms in total. The number of esters is 1. The molecule has 0 aliphatic heterocycles. The van der Waals surface area contributed by atoms with Crippen molar-refractivity contribution >= 4 is 16.9 Å². The van der Waals surface area contributed by atoms with E-state index >= 15 is 0 Å². The van der Waals surface area contributed by atoms with Crippen LogP contribution in [-0.2, 0) is 23.6 Å². The SMILES string of the molecule is COC(=O)c1ccc2nn(Cc3ccc(C(F)(F)F)cc3C(F)(F)F)c(OC)c2c1. The minimum Gasteiger partial charge on any atom is -0.481 e. The highest BCUT2D eigenvalue weighted by Gasteiger charge is 2.38. The number of halogens is 6. The lowest BCUT2D eigenvalue weighted by Gasteiger charge is -2.16. The summed E-state index contributed by atoms with van der Waals surface area (Å²) in [4.78, 5) is 11.7. The van der Waals surface area contributed by atoms with Crippen LogP contribution in [0.5, 0.6) is 5.88 Å². The number of hydrogen-bond acceptors (Lipinski definition) is 4. The monoisotopic (exact) mass is 432 g/mol. The first-order valence-corrected chi connectivity index (χ1v) is 8.36. The van der Waals surface area contributed by atoms with E-state index in [1.165, 1.54) is 32.4 Å². The Balaban J connectivity index is 2.11. The molecule has 0 unspecified atom stereocenters. The molecule has 0 N–H and O–H groups in total. The number of methoxy groups -OCH3 is 2. The predicted molar refractivity (Wildman–Crippen MR) is 93.2 cm³/mol. The van der Waals surface area contributed by atoms with Crippen molar-refractivity contribution in [1.82, 2.24) is 9.78 Å². The molecule has 2 aromatic carbocycles. The predicted octanol–water partition coefficient (Wildman–Crippen LogP) is 4.92. The van der Waals surface area contributed by atoms with Crippen LogP contribution < -0.4 is 4.74 Å². The quantitative estimate of drug-likeness (QED) is 0.434. The maximum Gasteiger partial charge on any atom is 0.416 e. The van der Waals surface area contributed by atoms with Crippen molar-refractivity contribution in [3.05, 3.63) is 58.7 Å². The van der Waals surface area contributed by atoms with E-state index in [9.17, 15) is 31.1 Å². The zero-order valence-corrected chi connectivity index (χ0v) is 15.6. The van der Waals surface area contributed by atoms with Gasteiger partial charge in [0.25, 0.3) is 0 Å². The lowest BCUT2D eigenvalue weighted by Crippen LogP contribution is -2.15. The van der Waals surface area contributed by atoms with E-state index in [4.69, 9.17) is 4.74 Å². The van der Waals surface area contributed by atoms with Gasteiger partial charge in [0.2, 0.25) is 5.88 Å². The van der Waals surface area contributed by atoms with Crippen molar-refractivity contribution < 1.29 is 40.6 Å². The van der Waals surface area contributed by atoms with Crippen molar-refractivity contribution in [2.24, 2.45) is 0 Å². The second-order valence-electron chi connectivity index (χ2n) is 6.26. The molecule has 1 heterocycles. The van der Waals surface area contributed by atoms with Gasteiger partial charge in [0.05, 0.1) is 48.4 Å². The van der Waals surface area contributed by atoms with Crippen molar-refractivity contribution in [2.75, 3.05) is 14.2 Å². The average Bonchev–Trinajstić information content (AvgIpc) is 3.01. The van der Waals surface area contributed by atoms with Crippen LogP contribution in [0.15, 0.2) is 36.4 Å². The van der Waals surface area contributed by atoms with E-state index in [0.717, 1.165) is 10.7 Å². The minimum atomic E-state index is -5.01. The Morgan fingerprint density at radius 2 is 1.70 bits per heavy atom. The van der Waals surface area contributed by atoms with Crippen LogP contribution in [0.3, 0.4) is 0 Å². The number of hydrogen-bond donors (Lipinski definition) is 0. The van der Waals surface area contributed by atoms with E-state index in [-0.39, 0.29) is 17.5 Å². The van der Waals surface area contributed by atoms with Gasteiger partial charge >= 0.3 is 18.3 Å². The van der Waals surface area contributed by atoms with Crippen LogP contribution in [0.1, 0.15) is 27.0 Å². The minimum absolute atomic E-state index is 0.0452. The number of rotatable bonds is 4. The summed E-state index contributed by atoms with van der Waals surface area (Å²) in [7, 11) is 2.45. The first-order chi connectivity index (χ1) is 14.0. The zero-order valence-electron chi connectivity index (χ0n) is 15.6. The van der Waals surface area contributed by atoms with Gasteiger partial charge in [-0.1, -0.05) is 6.07 Å². The molecule has 11 heteroatoms. The number of carbonyl (C=O) groups is 1. The number of carbonyl (C=O) groups excluding carboxylic acids is 1. The van der Waals surface area contributed by atoms with Gasteiger partial charge < -0.3 is 9.47 Å². The van der Waals surface area contributed by atoms with Gasteiger partial charge in [-0.25, -0.2) is 9.48 Å². The summed E-state index contributed by atoms with van der Waals surface area (Å²) in [6.07, 6.45) is -9.92. The lowest BCUT2D eigenvalue weighted by molar-refractivity contribution is -0.143. The first-order valence-electron chi connectivity index (χ1n) is 8.36. The molecule has 0 bridgehead atoms. The lowest BCUT2D eigenvalue weighted by atomic mass is 10.0. The number of ether oxygens (including phenoxy) is 2. The first kappa shape index (κ1) is 21.5. The van der Waals surface area contributed by atoms with Crippen LogP contribution in [0, 0.1) is 0 Å². The van der Waals surface area contributed by atoms with E-state index in [2.05, 4.69) is 9.84 Å². The fourth-order valence-electron chi connectivity index (χ4n) is 2.99. The molecular formula is C19H14F6N2O3. The molecule has 3 rings (SSSR count). The molecule has 0 radical (unpaired) electrons. The third-order valence-corrected chi connectivity index (χ3v) is 4.37. The Labute approximate surface area is 165 Å². The van der Waals surface area contributed by atoms with Gasteiger partial charge in [0, 0.05) is 0 Å². The van der Waals surface area contributed by atoms with Crippen molar-refractivity contribution in [3.63, 3.8) is 0 Å². The number of benzene rings is 2. The second-order valence-corrected chi connectivity index (χ2v) is 6.26. The van der Waals surface area contributed by atoms with E-state index in [1.807, 2.05) is 0 Å². The highest BCUT2D eigenvalue weighted by atomic mass is 19.4. The van der Waals surface area contributed by atoms with E-state index in [1.54, 1.807) is 0 Å². The molecule has 0 aliphatic carbocycles.